The molecule has 0 bridgehead atoms. The van der Waals surface area contributed by atoms with Crippen LogP contribution in [-0.4, -0.2) is 16.1 Å². The number of hydrogen-bond acceptors (Lipinski definition) is 2. The van der Waals surface area contributed by atoms with Gasteiger partial charge in [-0.1, -0.05) is 15.9 Å². The second kappa shape index (κ2) is 4.61. The molecule has 0 aliphatic heterocycles. The molecule has 1 heterocycles. The van der Waals surface area contributed by atoms with Crippen molar-refractivity contribution in [2.24, 2.45) is 0 Å². The van der Waals surface area contributed by atoms with Gasteiger partial charge >= 0.3 is 5.97 Å². The summed E-state index contributed by atoms with van der Waals surface area (Å²) in [7, 11) is 0. The van der Waals surface area contributed by atoms with E-state index in [4.69, 9.17) is 5.11 Å². The zero-order valence-electron chi connectivity index (χ0n) is 7.18. The fraction of sp³-hybridized carbons (Fsp3) is 0.250. The van der Waals surface area contributed by atoms with Crippen LogP contribution in [0.1, 0.15) is 17.7 Å². The predicted octanol–water partition coefficient (Wildman–Crippen LogP) is 2.55. The van der Waals surface area contributed by atoms with Crippen LogP contribution in [0.4, 0.5) is 13.2 Å². The summed E-state index contributed by atoms with van der Waals surface area (Å²) in [6, 6.07) is 0.851. The van der Waals surface area contributed by atoms with E-state index < -0.39 is 30.5 Å². The van der Waals surface area contributed by atoms with E-state index in [0.29, 0.717) is 0 Å². The van der Waals surface area contributed by atoms with Crippen molar-refractivity contribution in [1.82, 2.24) is 4.98 Å². The van der Waals surface area contributed by atoms with Gasteiger partial charge in [0.1, 0.15) is 5.69 Å². The Morgan fingerprint density at radius 1 is 1.60 bits per heavy atom. The first-order valence-corrected chi connectivity index (χ1v) is 4.56. The monoisotopic (exact) mass is 283 g/mol. The second-order valence-electron chi connectivity index (χ2n) is 2.66. The summed E-state index contributed by atoms with van der Waals surface area (Å²) in [6.45, 7) is 0. The molecule has 0 unspecified atom stereocenters. The van der Waals surface area contributed by atoms with E-state index >= 15 is 0 Å². The molecule has 7 heteroatoms. The lowest BCUT2D eigenvalue weighted by Crippen LogP contribution is -2.08. The molecule has 0 spiro atoms. The molecule has 0 aliphatic carbocycles. The maximum atomic E-state index is 12.7. The van der Waals surface area contributed by atoms with Crippen LogP contribution in [0.2, 0.25) is 0 Å². The van der Waals surface area contributed by atoms with E-state index in [0.717, 1.165) is 6.07 Å². The normalized spacial score (nSPS) is 10.7. The molecule has 1 N–H and O–H groups in total. The van der Waals surface area contributed by atoms with Crippen molar-refractivity contribution < 1.29 is 23.1 Å². The minimum Gasteiger partial charge on any atom is -0.481 e. The molecule has 15 heavy (non-hydrogen) atoms. The van der Waals surface area contributed by atoms with E-state index in [1.165, 1.54) is 0 Å². The summed E-state index contributed by atoms with van der Waals surface area (Å²) < 4.78 is 37.5. The maximum Gasteiger partial charge on any atom is 0.307 e. The van der Waals surface area contributed by atoms with E-state index in [2.05, 4.69) is 20.9 Å². The molecule has 0 saturated heterocycles. The van der Waals surface area contributed by atoms with Gasteiger partial charge in [0.2, 0.25) is 5.95 Å². The van der Waals surface area contributed by atoms with Crippen molar-refractivity contribution in [1.29, 1.82) is 0 Å². The molecule has 82 valence electrons. The highest BCUT2D eigenvalue weighted by atomic mass is 79.9. The van der Waals surface area contributed by atoms with Gasteiger partial charge in [0.05, 0.1) is 6.42 Å². The summed E-state index contributed by atoms with van der Waals surface area (Å²) >= 11 is 2.82. The van der Waals surface area contributed by atoms with Gasteiger partial charge in [0.15, 0.2) is 0 Å². The standard InChI is InChI=1S/C8H5BrF3NO2/c9-4-2-5(10)13-7(8(11)12)3(4)1-6(14)15/h2,8H,1H2,(H,14,15). The van der Waals surface area contributed by atoms with E-state index in [9.17, 15) is 18.0 Å². The summed E-state index contributed by atoms with van der Waals surface area (Å²) in [5.41, 5.74) is -1.05. The molecule has 1 aromatic heterocycles. The minimum absolute atomic E-state index is 0.0206. The van der Waals surface area contributed by atoms with Crippen molar-refractivity contribution in [3.8, 4) is 0 Å². The first-order valence-electron chi connectivity index (χ1n) is 3.76. The van der Waals surface area contributed by atoms with Crippen LogP contribution < -0.4 is 0 Å². The van der Waals surface area contributed by atoms with E-state index in [-0.39, 0.29) is 10.0 Å². The number of nitrogens with zero attached hydrogens (tertiary/aromatic N) is 1. The molecule has 0 amide bonds. The van der Waals surface area contributed by atoms with Gasteiger partial charge in [-0.25, -0.2) is 13.8 Å². The van der Waals surface area contributed by atoms with Gasteiger partial charge in [0, 0.05) is 16.1 Å². The number of aromatic nitrogens is 1. The molecule has 3 nitrogen and oxygen atoms in total. The second-order valence-corrected chi connectivity index (χ2v) is 3.52. The zero-order chi connectivity index (χ0) is 11.6. The molecule has 0 atom stereocenters. The number of pyridine rings is 1. The van der Waals surface area contributed by atoms with Gasteiger partial charge in [-0.15, -0.1) is 0 Å². The Morgan fingerprint density at radius 3 is 2.67 bits per heavy atom. The van der Waals surface area contributed by atoms with E-state index in [1.54, 1.807) is 0 Å². The van der Waals surface area contributed by atoms with Crippen LogP contribution in [0.3, 0.4) is 0 Å². The van der Waals surface area contributed by atoms with Crippen LogP contribution in [0.5, 0.6) is 0 Å². The highest BCUT2D eigenvalue weighted by molar-refractivity contribution is 9.10. The van der Waals surface area contributed by atoms with Crippen LogP contribution >= 0.6 is 15.9 Å². The highest BCUT2D eigenvalue weighted by Gasteiger charge is 2.20. The van der Waals surface area contributed by atoms with Crippen LogP contribution in [0.15, 0.2) is 10.5 Å². The Kier molecular flexibility index (Phi) is 3.67. The summed E-state index contributed by atoms with van der Waals surface area (Å²) in [5, 5.41) is 8.48. The van der Waals surface area contributed by atoms with Crippen molar-refractivity contribution in [3.05, 3.63) is 27.7 Å². The molecule has 1 aromatic rings. The van der Waals surface area contributed by atoms with Gasteiger partial charge in [-0.05, 0) is 0 Å². The van der Waals surface area contributed by atoms with Crippen LogP contribution in [0, 0.1) is 5.95 Å². The lowest BCUT2D eigenvalue weighted by molar-refractivity contribution is -0.136. The lowest BCUT2D eigenvalue weighted by Gasteiger charge is -2.08. The zero-order valence-corrected chi connectivity index (χ0v) is 8.76. The Hall–Kier alpha value is -1.11. The van der Waals surface area contributed by atoms with Gasteiger partial charge in [0.25, 0.3) is 6.43 Å². The Balaban J connectivity index is 3.26. The molecular weight excluding hydrogens is 279 g/mol. The molecule has 1 rings (SSSR count). The summed E-state index contributed by atoms with van der Waals surface area (Å²) in [4.78, 5) is 13.4. The number of carbonyl (C=O) groups is 1. The fourth-order valence-corrected chi connectivity index (χ4v) is 1.57. The summed E-state index contributed by atoms with van der Waals surface area (Å²) in [6.07, 6.45) is -3.64. The van der Waals surface area contributed by atoms with Crippen molar-refractivity contribution in [2.45, 2.75) is 12.8 Å². The minimum atomic E-state index is -3.01. The van der Waals surface area contributed by atoms with Gasteiger partial charge in [-0.3, -0.25) is 4.79 Å². The van der Waals surface area contributed by atoms with Crippen molar-refractivity contribution in [2.75, 3.05) is 0 Å². The van der Waals surface area contributed by atoms with E-state index in [1.807, 2.05) is 0 Å². The molecule has 0 fully saturated rings. The number of hydrogen-bond donors (Lipinski definition) is 1. The number of halogens is 4. The first-order chi connectivity index (χ1) is 6.91. The smallest absolute Gasteiger partial charge is 0.307 e. The number of aliphatic carboxylic acids is 1. The number of carboxylic acid groups (broad SMARTS) is 1. The van der Waals surface area contributed by atoms with Crippen LogP contribution in [0.25, 0.3) is 0 Å². The molecule has 0 aliphatic rings. The number of carboxylic acids is 1. The van der Waals surface area contributed by atoms with Gasteiger partial charge in [-0.2, -0.15) is 4.39 Å². The fourth-order valence-electron chi connectivity index (χ4n) is 1.04. The molecular formula is C8H5BrF3NO2. The van der Waals surface area contributed by atoms with Crippen LogP contribution in [-0.2, 0) is 11.2 Å². The summed E-state index contributed by atoms with van der Waals surface area (Å²) in [5.74, 6) is -2.36. The SMILES string of the molecule is O=C(O)Cc1c(Br)cc(F)nc1C(F)F. The molecule has 0 saturated carbocycles. The predicted molar refractivity (Wildman–Crippen MR) is 48.2 cm³/mol. The average Bonchev–Trinajstić information content (AvgIpc) is 2.08. The molecule has 0 radical (unpaired) electrons. The highest BCUT2D eigenvalue weighted by Crippen LogP contribution is 2.27. The third-order valence-electron chi connectivity index (χ3n) is 1.61. The van der Waals surface area contributed by atoms with Crippen molar-refractivity contribution in [3.63, 3.8) is 0 Å². The first kappa shape index (κ1) is 12.0. The average molecular weight is 284 g/mol. The molecule has 0 aromatic carbocycles. The Labute approximate surface area is 91.1 Å². The maximum absolute atomic E-state index is 12.7. The quantitative estimate of drug-likeness (QED) is 0.868. The van der Waals surface area contributed by atoms with Gasteiger partial charge < -0.3 is 5.11 Å². The largest absolute Gasteiger partial charge is 0.481 e. The lowest BCUT2D eigenvalue weighted by atomic mass is 10.1. The Morgan fingerprint density at radius 2 is 2.20 bits per heavy atom. The third kappa shape index (κ3) is 2.92. The van der Waals surface area contributed by atoms with Crippen molar-refractivity contribution >= 4 is 21.9 Å². The third-order valence-corrected chi connectivity index (χ3v) is 2.31. The topological polar surface area (TPSA) is 50.2 Å². The number of rotatable bonds is 3. The Bertz CT molecular complexity index is 398. The number of alkyl halides is 2.